The standard InChI is InChI=1S/C10H12F4N2O2S2/c1-6-4-7(15)5-8(9(6)11)20(17,18)16-2-3-19-10(12,13)14/h4-5,16H,2-3,15H2,1H3. The van der Waals surface area contributed by atoms with E-state index in [1.54, 1.807) is 0 Å². The fourth-order valence-corrected chi connectivity index (χ4v) is 3.16. The van der Waals surface area contributed by atoms with Crippen molar-refractivity contribution in [1.82, 2.24) is 4.72 Å². The number of halogens is 4. The Kier molecular flexibility index (Phi) is 5.27. The molecular formula is C10H12F4N2O2S2. The first-order chi connectivity index (χ1) is 9.03. The van der Waals surface area contributed by atoms with Crippen molar-refractivity contribution >= 4 is 27.5 Å². The van der Waals surface area contributed by atoms with Crippen molar-refractivity contribution in [3.05, 3.63) is 23.5 Å². The van der Waals surface area contributed by atoms with Crippen LogP contribution in [0.2, 0.25) is 0 Å². The molecule has 1 aromatic carbocycles. The van der Waals surface area contributed by atoms with Crippen molar-refractivity contribution in [2.45, 2.75) is 17.3 Å². The fourth-order valence-electron chi connectivity index (χ4n) is 1.38. The highest BCUT2D eigenvalue weighted by Crippen LogP contribution is 2.29. The molecule has 1 aromatic rings. The number of anilines is 1. The average molecular weight is 332 g/mol. The van der Waals surface area contributed by atoms with Gasteiger partial charge < -0.3 is 5.73 Å². The second-order valence-electron chi connectivity index (χ2n) is 3.84. The van der Waals surface area contributed by atoms with Crippen molar-refractivity contribution in [3.8, 4) is 0 Å². The molecule has 114 valence electrons. The highest BCUT2D eigenvalue weighted by Gasteiger charge is 2.28. The van der Waals surface area contributed by atoms with Crippen LogP contribution in [-0.4, -0.2) is 26.2 Å². The zero-order chi connectivity index (χ0) is 15.6. The van der Waals surface area contributed by atoms with Crippen molar-refractivity contribution in [2.75, 3.05) is 18.0 Å². The Morgan fingerprint density at radius 2 is 1.95 bits per heavy atom. The number of nitrogens with one attached hydrogen (secondary N) is 1. The number of nitrogen functional groups attached to an aromatic ring is 1. The van der Waals surface area contributed by atoms with Gasteiger partial charge in [0.25, 0.3) is 0 Å². The second kappa shape index (κ2) is 6.19. The molecule has 1 rings (SSSR count). The maximum Gasteiger partial charge on any atom is 0.441 e. The third kappa shape index (κ3) is 4.84. The number of aryl methyl sites for hydroxylation is 1. The first-order valence-corrected chi connectivity index (χ1v) is 7.76. The SMILES string of the molecule is Cc1cc(N)cc(S(=O)(=O)NCCSC(F)(F)F)c1F. The van der Waals surface area contributed by atoms with Crippen LogP contribution in [0.4, 0.5) is 23.2 Å². The number of sulfonamides is 1. The largest absolute Gasteiger partial charge is 0.441 e. The molecule has 20 heavy (non-hydrogen) atoms. The Morgan fingerprint density at radius 3 is 2.50 bits per heavy atom. The molecule has 0 heterocycles. The van der Waals surface area contributed by atoms with E-state index < -0.39 is 38.5 Å². The van der Waals surface area contributed by atoms with Crippen LogP contribution in [0.15, 0.2) is 17.0 Å². The molecule has 0 radical (unpaired) electrons. The predicted octanol–water partition coefficient (Wildman–Crippen LogP) is 2.25. The van der Waals surface area contributed by atoms with Crippen molar-refractivity contribution in [2.24, 2.45) is 0 Å². The van der Waals surface area contributed by atoms with Gasteiger partial charge in [0.05, 0.1) is 0 Å². The number of rotatable bonds is 5. The summed E-state index contributed by atoms with van der Waals surface area (Å²) in [6, 6.07) is 2.18. The molecule has 0 amide bonds. The molecule has 10 heteroatoms. The second-order valence-corrected chi connectivity index (χ2v) is 6.74. The van der Waals surface area contributed by atoms with Gasteiger partial charge in [-0.2, -0.15) is 13.2 Å². The van der Waals surface area contributed by atoms with E-state index in [9.17, 15) is 26.0 Å². The minimum Gasteiger partial charge on any atom is -0.399 e. The summed E-state index contributed by atoms with van der Waals surface area (Å²) in [7, 11) is -4.24. The maximum absolute atomic E-state index is 13.7. The normalized spacial score (nSPS) is 12.7. The van der Waals surface area contributed by atoms with Gasteiger partial charge >= 0.3 is 5.51 Å². The number of hydrogen-bond acceptors (Lipinski definition) is 4. The van der Waals surface area contributed by atoms with Crippen LogP contribution in [-0.2, 0) is 10.0 Å². The minimum absolute atomic E-state index is 0.0371. The van der Waals surface area contributed by atoms with Crippen LogP contribution >= 0.6 is 11.8 Å². The van der Waals surface area contributed by atoms with E-state index >= 15 is 0 Å². The maximum atomic E-state index is 13.7. The van der Waals surface area contributed by atoms with Gasteiger partial charge in [0.2, 0.25) is 10.0 Å². The third-order valence-electron chi connectivity index (χ3n) is 2.19. The lowest BCUT2D eigenvalue weighted by atomic mass is 10.2. The van der Waals surface area contributed by atoms with E-state index in [1.807, 2.05) is 4.72 Å². The van der Waals surface area contributed by atoms with E-state index in [0.29, 0.717) is 0 Å². The first-order valence-electron chi connectivity index (χ1n) is 5.29. The summed E-state index contributed by atoms with van der Waals surface area (Å²) in [5.74, 6) is -1.48. The van der Waals surface area contributed by atoms with Gasteiger partial charge in [-0.25, -0.2) is 17.5 Å². The number of thioether (sulfide) groups is 1. The Bertz CT molecular complexity index is 588. The summed E-state index contributed by atoms with van der Waals surface area (Å²) in [6.07, 6.45) is 0. The zero-order valence-corrected chi connectivity index (χ0v) is 11.9. The van der Waals surface area contributed by atoms with Crippen LogP contribution in [0.5, 0.6) is 0 Å². The van der Waals surface area contributed by atoms with Gasteiger partial charge in [0, 0.05) is 18.0 Å². The summed E-state index contributed by atoms with van der Waals surface area (Å²) in [5.41, 5.74) is 1.07. The van der Waals surface area contributed by atoms with E-state index in [0.717, 1.165) is 6.07 Å². The molecule has 0 aromatic heterocycles. The molecule has 0 aliphatic carbocycles. The lowest BCUT2D eigenvalue weighted by Gasteiger charge is -2.10. The van der Waals surface area contributed by atoms with Crippen LogP contribution in [0.3, 0.4) is 0 Å². The lowest BCUT2D eigenvalue weighted by molar-refractivity contribution is -0.0327. The molecule has 0 saturated heterocycles. The highest BCUT2D eigenvalue weighted by molar-refractivity contribution is 8.00. The smallest absolute Gasteiger partial charge is 0.399 e. The summed E-state index contributed by atoms with van der Waals surface area (Å²) in [5, 5.41) is 0. The summed E-state index contributed by atoms with van der Waals surface area (Å²) in [4.78, 5) is -0.674. The summed E-state index contributed by atoms with van der Waals surface area (Å²) >= 11 is -0.365. The number of benzene rings is 1. The van der Waals surface area contributed by atoms with E-state index in [2.05, 4.69) is 0 Å². The molecule has 0 atom stereocenters. The van der Waals surface area contributed by atoms with E-state index in [-0.39, 0.29) is 23.0 Å². The van der Waals surface area contributed by atoms with Crippen molar-refractivity contribution in [3.63, 3.8) is 0 Å². The summed E-state index contributed by atoms with van der Waals surface area (Å²) < 4.78 is 74.8. The Hall–Kier alpha value is -1.00. The Morgan fingerprint density at radius 1 is 1.35 bits per heavy atom. The van der Waals surface area contributed by atoms with Gasteiger partial charge in [0.1, 0.15) is 10.7 Å². The Labute approximate surface area is 117 Å². The topological polar surface area (TPSA) is 72.2 Å². The molecule has 3 N–H and O–H groups in total. The molecule has 0 saturated carbocycles. The number of alkyl halides is 3. The first kappa shape index (κ1) is 17.1. The lowest BCUT2D eigenvalue weighted by Crippen LogP contribution is -2.27. The zero-order valence-electron chi connectivity index (χ0n) is 10.3. The van der Waals surface area contributed by atoms with Crippen LogP contribution < -0.4 is 10.5 Å². The monoisotopic (exact) mass is 332 g/mol. The molecule has 0 unspecified atom stereocenters. The molecule has 0 bridgehead atoms. The molecule has 0 aliphatic rings. The van der Waals surface area contributed by atoms with Crippen molar-refractivity contribution < 1.29 is 26.0 Å². The van der Waals surface area contributed by atoms with Gasteiger partial charge in [-0.15, -0.1) is 0 Å². The van der Waals surface area contributed by atoms with E-state index in [4.69, 9.17) is 5.73 Å². The van der Waals surface area contributed by atoms with Crippen LogP contribution in [0.25, 0.3) is 0 Å². The molecule has 4 nitrogen and oxygen atoms in total. The van der Waals surface area contributed by atoms with Gasteiger partial charge in [-0.3, -0.25) is 0 Å². The van der Waals surface area contributed by atoms with Crippen molar-refractivity contribution in [1.29, 1.82) is 0 Å². The third-order valence-corrected chi connectivity index (χ3v) is 4.39. The van der Waals surface area contributed by atoms with Gasteiger partial charge in [0.15, 0.2) is 0 Å². The molecule has 0 fully saturated rings. The van der Waals surface area contributed by atoms with Crippen LogP contribution in [0, 0.1) is 12.7 Å². The number of nitrogens with two attached hydrogens (primary N) is 1. The fraction of sp³-hybridized carbons (Fsp3) is 0.400. The highest BCUT2D eigenvalue weighted by atomic mass is 32.2. The molecular weight excluding hydrogens is 320 g/mol. The van der Waals surface area contributed by atoms with Gasteiger partial charge in [-0.1, -0.05) is 0 Å². The molecule has 0 spiro atoms. The van der Waals surface area contributed by atoms with E-state index in [1.165, 1.54) is 13.0 Å². The Balaban J connectivity index is 2.80. The summed E-state index contributed by atoms with van der Waals surface area (Å²) in [6.45, 7) is 0.865. The van der Waals surface area contributed by atoms with Crippen LogP contribution in [0.1, 0.15) is 5.56 Å². The quantitative estimate of drug-likeness (QED) is 0.493. The average Bonchev–Trinajstić information content (AvgIpc) is 2.28. The predicted molar refractivity (Wildman–Crippen MR) is 69.3 cm³/mol. The minimum atomic E-state index is -4.44. The molecule has 0 aliphatic heterocycles. The number of hydrogen-bond donors (Lipinski definition) is 2. The van der Waals surface area contributed by atoms with Gasteiger partial charge in [-0.05, 0) is 36.4 Å².